The van der Waals surface area contributed by atoms with E-state index >= 15 is 0 Å². The number of hydrogen-bond donors (Lipinski definition) is 2. The molecule has 0 radical (unpaired) electrons. The molecule has 1 unspecified atom stereocenters. The number of hydrazine groups is 1. The number of nitrogens with zero attached hydrogens (tertiary/aromatic N) is 2. The molecular formula is C13H26N4S. The highest BCUT2D eigenvalue weighted by molar-refractivity contribution is 7.09. The van der Waals surface area contributed by atoms with Crippen molar-refractivity contribution in [3.05, 3.63) is 16.1 Å². The first-order valence-electron chi connectivity index (χ1n) is 6.54. The molecule has 0 amide bonds. The van der Waals surface area contributed by atoms with Gasteiger partial charge in [0.25, 0.3) is 0 Å². The van der Waals surface area contributed by atoms with Gasteiger partial charge in [0.1, 0.15) is 0 Å². The molecule has 1 heterocycles. The second-order valence-electron chi connectivity index (χ2n) is 4.99. The van der Waals surface area contributed by atoms with Gasteiger partial charge in [0.15, 0.2) is 0 Å². The summed E-state index contributed by atoms with van der Waals surface area (Å²) in [7, 11) is 4.26. The molecule has 104 valence electrons. The molecule has 1 aromatic heterocycles. The zero-order chi connectivity index (χ0) is 13.8. The summed E-state index contributed by atoms with van der Waals surface area (Å²) in [6.45, 7) is 6.48. The van der Waals surface area contributed by atoms with Crippen LogP contribution in [0.4, 0.5) is 0 Å². The Morgan fingerprint density at radius 1 is 1.44 bits per heavy atom. The maximum absolute atomic E-state index is 5.80. The van der Waals surface area contributed by atoms with Crippen LogP contribution in [0.15, 0.2) is 5.38 Å². The van der Waals surface area contributed by atoms with Gasteiger partial charge in [0.05, 0.1) is 10.7 Å². The fourth-order valence-electron chi connectivity index (χ4n) is 2.80. The van der Waals surface area contributed by atoms with Gasteiger partial charge >= 0.3 is 0 Å². The summed E-state index contributed by atoms with van der Waals surface area (Å²) in [6.07, 6.45) is 3.00. The molecule has 0 aliphatic rings. The second-order valence-corrected chi connectivity index (χ2v) is 6.05. The lowest BCUT2D eigenvalue weighted by Gasteiger charge is -2.44. The molecule has 1 rings (SSSR count). The number of hydrogen-bond acceptors (Lipinski definition) is 5. The van der Waals surface area contributed by atoms with Gasteiger partial charge in [-0.25, -0.2) is 4.98 Å². The SMILES string of the molecule is CCC(CC)(C(Cc1csc(C)n1)NN)N(C)C. The van der Waals surface area contributed by atoms with Crippen molar-refractivity contribution in [1.29, 1.82) is 0 Å². The van der Waals surface area contributed by atoms with Gasteiger partial charge < -0.3 is 4.90 Å². The summed E-state index contributed by atoms with van der Waals surface area (Å²) in [4.78, 5) is 6.83. The van der Waals surface area contributed by atoms with Gasteiger partial charge in [-0.1, -0.05) is 13.8 Å². The largest absolute Gasteiger partial charge is 0.302 e. The summed E-state index contributed by atoms with van der Waals surface area (Å²) in [5.41, 5.74) is 4.22. The smallest absolute Gasteiger partial charge is 0.0897 e. The molecule has 0 saturated carbocycles. The van der Waals surface area contributed by atoms with Crippen molar-refractivity contribution in [2.45, 2.75) is 51.6 Å². The number of thiazole rings is 1. The number of nitrogens with two attached hydrogens (primary N) is 1. The van der Waals surface area contributed by atoms with E-state index in [0.29, 0.717) is 0 Å². The van der Waals surface area contributed by atoms with Crippen molar-refractivity contribution < 1.29 is 0 Å². The number of aryl methyl sites for hydroxylation is 1. The van der Waals surface area contributed by atoms with Gasteiger partial charge in [0, 0.05) is 23.4 Å². The number of aromatic nitrogens is 1. The number of nitrogens with one attached hydrogen (secondary N) is 1. The lowest BCUT2D eigenvalue weighted by Crippen LogP contribution is -2.61. The third-order valence-electron chi connectivity index (χ3n) is 4.04. The fraction of sp³-hybridized carbons (Fsp3) is 0.769. The van der Waals surface area contributed by atoms with Crippen molar-refractivity contribution in [2.24, 2.45) is 5.84 Å². The first-order chi connectivity index (χ1) is 8.50. The van der Waals surface area contributed by atoms with Crippen molar-refractivity contribution in [1.82, 2.24) is 15.3 Å². The Hall–Kier alpha value is -0.490. The monoisotopic (exact) mass is 270 g/mol. The molecule has 0 aromatic carbocycles. The Bertz CT molecular complexity index is 358. The molecule has 0 aliphatic carbocycles. The van der Waals surface area contributed by atoms with Crippen LogP contribution in [0, 0.1) is 6.92 Å². The molecule has 18 heavy (non-hydrogen) atoms. The van der Waals surface area contributed by atoms with Crippen LogP contribution in [-0.4, -0.2) is 35.6 Å². The first kappa shape index (κ1) is 15.6. The Morgan fingerprint density at radius 2 is 2.06 bits per heavy atom. The van der Waals surface area contributed by atoms with Gasteiger partial charge in [-0.15, -0.1) is 11.3 Å². The molecule has 3 N–H and O–H groups in total. The first-order valence-corrected chi connectivity index (χ1v) is 7.42. The van der Waals surface area contributed by atoms with E-state index < -0.39 is 0 Å². The lowest BCUT2D eigenvalue weighted by atomic mass is 9.81. The summed E-state index contributed by atoms with van der Waals surface area (Å²) in [5, 5.41) is 3.25. The summed E-state index contributed by atoms with van der Waals surface area (Å²) in [6, 6.07) is 0.212. The van der Waals surface area contributed by atoms with Crippen LogP contribution in [0.2, 0.25) is 0 Å². The van der Waals surface area contributed by atoms with Crippen LogP contribution in [-0.2, 0) is 6.42 Å². The molecule has 0 aliphatic heterocycles. The highest BCUT2D eigenvalue weighted by Gasteiger charge is 2.37. The van der Waals surface area contributed by atoms with E-state index in [9.17, 15) is 0 Å². The Morgan fingerprint density at radius 3 is 2.39 bits per heavy atom. The molecule has 1 atom stereocenters. The molecule has 0 fully saturated rings. The van der Waals surface area contributed by atoms with Crippen LogP contribution in [0.3, 0.4) is 0 Å². The van der Waals surface area contributed by atoms with Crippen LogP contribution in [0.5, 0.6) is 0 Å². The van der Waals surface area contributed by atoms with Crippen LogP contribution in [0.25, 0.3) is 0 Å². The molecule has 0 bridgehead atoms. The fourth-order valence-corrected chi connectivity index (χ4v) is 3.43. The maximum atomic E-state index is 5.80. The summed E-state index contributed by atoms with van der Waals surface area (Å²) < 4.78 is 0. The Kier molecular flexibility index (Phi) is 5.72. The van der Waals surface area contributed by atoms with Gasteiger partial charge in [-0.3, -0.25) is 11.3 Å². The van der Waals surface area contributed by atoms with E-state index in [1.807, 2.05) is 6.92 Å². The maximum Gasteiger partial charge on any atom is 0.0897 e. The van der Waals surface area contributed by atoms with Crippen molar-refractivity contribution >= 4 is 11.3 Å². The molecule has 0 saturated heterocycles. The topological polar surface area (TPSA) is 54.2 Å². The van der Waals surface area contributed by atoms with E-state index in [1.165, 1.54) is 0 Å². The van der Waals surface area contributed by atoms with Crippen molar-refractivity contribution in [3.8, 4) is 0 Å². The Balaban J connectivity index is 2.92. The van der Waals surface area contributed by atoms with E-state index in [0.717, 1.165) is 30.0 Å². The molecular weight excluding hydrogens is 244 g/mol. The predicted molar refractivity (Wildman–Crippen MR) is 78.7 cm³/mol. The van der Waals surface area contributed by atoms with E-state index in [1.54, 1.807) is 11.3 Å². The predicted octanol–water partition coefficient (Wildman–Crippen LogP) is 1.95. The average molecular weight is 270 g/mol. The van der Waals surface area contributed by atoms with Crippen LogP contribution >= 0.6 is 11.3 Å². The molecule has 5 heteroatoms. The molecule has 1 aromatic rings. The molecule has 4 nitrogen and oxygen atoms in total. The van der Waals surface area contributed by atoms with Crippen molar-refractivity contribution in [2.75, 3.05) is 14.1 Å². The molecule has 0 spiro atoms. The van der Waals surface area contributed by atoms with Crippen molar-refractivity contribution in [3.63, 3.8) is 0 Å². The second kappa shape index (κ2) is 6.61. The zero-order valence-electron chi connectivity index (χ0n) is 12.2. The summed E-state index contributed by atoms with van der Waals surface area (Å²) >= 11 is 1.70. The van der Waals surface area contributed by atoms with Gasteiger partial charge in [0.2, 0.25) is 0 Å². The number of rotatable bonds is 7. The normalized spacial score (nSPS) is 14.2. The third kappa shape index (κ3) is 3.09. The number of likely N-dealkylation sites (N-methyl/N-ethyl adjacent to an activating group) is 1. The van der Waals surface area contributed by atoms with Gasteiger partial charge in [-0.2, -0.15) is 0 Å². The minimum atomic E-state index is 0.0757. The highest BCUT2D eigenvalue weighted by Crippen LogP contribution is 2.27. The standard InChI is InChI=1S/C13H26N4S/c1-6-13(7-2,17(4)5)12(16-14)8-11-9-18-10(3)15-11/h9,12,16H,6-8,14H2,1-5H3. The van der Waals surface area contributed by atoms with Gasteiger partial charge in [-0.05, 0) is 33.9 Å². The third-order valence-corrected chi connectivity index (χ3v) is 4.87. The zero-order valence-corrected chi connectivity index (χ0v) is 13.0. The van der Waals surface area contributed by atoms with E-state index in [-0.39, 0.29) is 11.6 Å². The Labute approximate surface area is 115 Å². The minimum absolute atomic E-state index is 0.0757. The van der Waals surface area contributed by atoms with Crippen LogP contribution in [0.1, 0.15) is 37.4 Å². The summed E-state index contributed by atoms with van der Waals surface area (Å²) in [5.74, 6) is 5.80. The van der Waals surface area contributed by atoms with Crippen LogP contribution < -0.4 is 11.3 Å². The lowest BCUT2D eigenvalue weighted by molar-refractivity contribution is 0.0878. The average Bonchev–Trinajstić information content (AvgIpc) is 2.75. The minimum Gasteiger partial charge on any atom is -0.302 e. The van der Waals surface area contributed by atoms with E-state index in [2.05, 4.69) is 48.6 Å². The highest BCUT2D eigenvalue weighted by atomic mass is 32.1. The van der Waals surface area contributed by atoms with E-state index in [4.69, 9.17) is 5.84 Å². The quantitative estimate of drug-likeness (QED) is 0.587.